The van der Waals surface area contributed by atoms with E-state index in [4.69, 9.17) is 5.73 Å². The molecular weight excluding hydrogens is 186 g/mol. The Labute approximate surface area is 93.6 Å². The van der Waals surface area contributed by atoms with Crippen molar-refractivity contribution in [1.82, 2.24) is 9.80 Å². The first kappa shape index (κ1) is 11.4. The fourth-order valence-electron chi connectivity index (χ4n) is 2.73. The molecule has 1 aliphatic heterocycles. The Bertz CT molecular complexity index is 191. The summed E-state index contributed by atoms with van der Waals surface area (Å²) in [5.41, 5.74) is 5.60. The molecule has 0 bridgehead atoms. The van der Waals surface area contributed by atoms with Gasteiger partial charge >= 0.3 is 0 Å². The number of nitrogens with two attached hydrogens (primary N) is 1. The van der Waals surface area contributed by atoms with Gasteiger partial charge in [0.25, 0.3) is 0 Å². The second-order valence-corrected chi connectivity index (χ2v) is 5.23. The van der Waals surface area contributed by atoms with E-state index in [1.54, 1.807) is 0 Å². The SMILES string of the molecule is C[C@@H]1CN(CCN)CCN1CC1CCC1. The van der Waals surface area contributed by atoms with Crippen LogP contribution in [0.3, 0.4) is 0 Å². The van der Waals surface area contributed by atoms with Gasteiger partial charge in [-0.3, -0.25) is 9.80 Å². The Hall–Kier alpha value is -0.120. The Balaban J connectivity index is 1.73. The largest absolute Gasteiger partial charge is 0.329 e. The predicted molar refractivity (Wildman–Crippen MR) is 63.9 cm³/mol. The van der Waals surface area contributed by atoms with Crippen molar-refractivity contribution in [3.63, 3.8) is 0 Å². The fourth-order valence-corrected chi connectivity index (χ4v) is 2.73. The zero-order chi connectivity index (χ0) is 10.7. The Morgan fingerprint density at radius 2 is 2.07 bits per heavy atom. The summed E-state index contributed by atoms with van der Waals surface area (Å²) >= 11 is 0. The Morgan fingerprint density at radius 1 is 1.27 bits per heavy atom. The molecule has 3 heteroatoms. The van der Waals surface area contributed by atoms with Gasteiger partial charge < -0.3 is 5.73 Å². The lowest BCUT2D eigenvalue weighted by Gasteiger charge is -2.42. The van der Waals surface area contributed by atoms with E-state index in [-0.39, 0.29) is 0 Å². The maximum Gasteiger partial charge on any atom is 0.0195 e. The minimum Gasteiger partial charge on any atom is -0.329 e. The number of piperazine rings is 1. The Kier molecular flexibility index (Phi) is 4.00. The van der Waals surface area contributed by atoms with Gasteiger partial charge in [0.2, 0.25) is 0 Å². The zero-order valence-corrected chi connectivity index (χ0v) is 9.99. The van der Waals surface area contributed by atoms with Crippen LogP contribution in [0.2, 0.25) is 0 Å². The van der Waals surface area contributed by atoms with E-state index in [0.717, 1.165) is 25.0 Å². The minimum absolute atomic E-state index is 0.728. The van der Waals surface area contributed by atoms with Crippen LogP contribution in [-0.4, -0.2) is 55.1 Å². The van der Waals surface area contributed by atoms with E-state index in [1.165, 1.54) is 45.4 Å². The van der Waals surface area contributed by atoms with Crippen LogP contribution in [0.25, 0.3) is 0 Å². The molecule has 1 saturated carbocycles. The number of nitrogens with zero attached hydrogens (tertiary/aromatic N) is 2. The second kappa shape index (κ2) is 5.28. The van der Waals surface area contributed by atoms with E-state index in [0.29, 0.717) is 0 Å². The maximum atomic E-state index is 5.60. The lowest BCUT2D eigenvalue weighted by Crippen LogP contribution is -2.54. The highest BCUT2D eigenvalue weighted by Gasteiger charge is 2.27. The molecule has 0 unspecified atom stereocenters. The molecule has 1 saturated heterocycles. The van der Waals surface area contributed by atoms with Crippen LogP contribution in [-0.2, 0) is 0 Å². The van der Waals surface area contributed by atoms with Crippen molar-refractivity contribution in [1.29, 1.82) is 0 Å². The smallest absolute Gasteiger partial charge is 0.0195 e. The van der Waals surface area contributed by atoms with Gasteiger partial charge in [-0.05, 0) is 25.7 Å². The average molecular weight is 211 g/mol. The van der Waals surface area contributed by atoms with E-state index in [1.807, 2.05) is 0 Å². The van der Waals surface area contributed by atoms with E-state index < -0.39 is 0 Å². The van der Waals surface area contributed by atoms with Gasteiger partial charge in [-0.2, -0.15) is 0 Å². The van der Waals surface area contributed by atoms with Gasteiger partial charge in [0.05, 0.1) is 0 Å². The van der Waals surface area contributed by atoms with Crippen molar-refractivity contribution in [3.8, 4) is 0 Å². The van der Waals surface area contributed by atoms with Crippen molar-refractivity contribution in [2.75, 3.05) is 39.3 Å². The first-order chi connectivity index (χ1) is 7.29. The van der Waals surface area contributed by atoms with Gasteiger partial charge in [0.1, 0.15) is 0 Å². The number of hydrogen-bond donors (Lipinski definition) is 1. The molecule has 2 N–H and O–H groups in total. The molecule has 3 nitrogen and oxygen atoms in total. The van der Waals surface area contributed by atoms with Crippen LogP contribution in [0.1, 0.15) is 26.2 Å². The standard InChI is InChI=1S/C12H25N3/c1-11-9-14(6-5-13)7-8-15(11)10-12-3-2-4-12/h11-12H,2-10,13H2,1H3/t11-/m1/s1. The molecule has 88 valence electrons. The molecular formula is C12H25N3. The second-order valence-electron chi connectivity index (χ2n) is 5.23. The quantitative estimate of drug-likeness (QED) is 0.745. The van der Waals surface area contributed by atoms with Crippen molar-refractivity contribution in [2.45, 2.75) is 32.2 Å². The summed E-state index contributed by atoms with van der Waals surface area (Å²) in [5, 5.41) is 0. The highest BCUT2D eigenvalue weighted by Crippen LogP contribution is 2.28. The van der Waals surface area contributed by atoms with E-state index >= 15 is 0 Å². The normalized spacial score (nSPS) is 30.4. The van der Waals surface area contributed by atoms with Crippen LogP contribution in [0.4, 0.5) is 0 Å². The first-order valence-electron chi connectivity index (χ1n) is 6.46. The molecule has 1 atom stereocenters. The summed E-state index contributed by atoms with van der Waals surface area (Å²) in [6.07, 6.45) is 4.40. The fraction of sp³-hybridized carbons (Fsp3) is 1.00. The molecule has 0 spiro atoms. The van der Waals surface area contributed by atoms with Gasteiger partial charge in [-0.15, -0.1) is 0 Å². The van der Waals surface area contributed by atoms with Gasteiger partial charge in [-0.25, -0.2) is 0 Å². The lowest BCUT2D eigenvalue weighted by atomic mass is 9.84. The Morgan fingerprint density at radius 3 is 2.60 bits per heavy atom. The van der Waals surface area contributed by atoms with E-state index in [9.17, 15) is 0 Å². The molecule has 2 aliphatic rings. The molecule has 2 fully saturated rings. The molecule has 1 aliphatic carbocycles. The lowest BCUT2D eigenvalue weighted by molar-refractivity contribution is 0.0593. The molecule has 0 radical (unpaired) electrons. The van der Waals surface area contributed by atoms with Crippen LogP contribution in [0.15, 0.2) is 0 Å². The third-order valence-corrected chi connectivity index (χ3v) is 4.01. The molecule has 0 amide bonds. The molecule has 15 heavy (non-hydrogen) atoms. The third kappa shape index (κ3) is 2.92. The average Bonchev–Trinajstić information content (AvgIpc) is 2.14. The third-order valence-electron chi connectivity index (χ3n) is 4.01. The van der Waals surface area contributed by atoms with Gasteiger partial charge in [-0.1, -0.05) is 6.42 Å². The summed E-state index contributed by atoms with van der Waals surface area (Å²) in [4.78, 5) is 5.18. The molecule has 1 heterocycles. The maximum absolute atomic E-state index is 5.60. The number of hydrogen-bond acceptors (Lipinski definition) is 3. The van der Waals surface area contributed by atoms with Crippen LogP contribution >= 0.6 is 0 Å². The monoisotopic (exact) mass is 211 g/mol. The summed E-state index contributed by atoms with van der Waals surface area (Å²) in [5.74, 6) is 1.01. The predicted octanol–water partition coefficient (Wildman–Crippen LogP) is 0.751. The van der Waals surface area contributed by atoms with Crippen molar-refractivity contribution >= 4 is 0 Å². The van der Waals surface area contributed by atoms with Crippen molar-refractivity contribution in [3.05, 3.63) is 0 Å². The van der Waals surface area contributed by atoms with Crippen molar-refractivity contribution in [2.24, 2.45) is 11.7 Å². The molecule has 0 aromatic heterocycles. The minimum atomic E-state index is 0.728. The highest BCUT2D eigenvalue weighted by atomic mass is 15.3. The van der Waals surface area contributed by atoms with Crippen molar-refractivity contribution < 1.29 is 0 Å². The summed E-state index contributed by atoms with van der Waals surface area (Å²) in [6.45, 7) is 9.26. The summed E-state index contributed by atoms with van der Waals surface area (Å²) < 4.78 is 0. The summed E-state index contributed by atoms with van der Waals surface area (Å²) in [7, 11) is 0. The van der Waals surface area contributed by atoms with Crippen LogP contribution in [0, 0.1) is 5.92 Å². The molecule has 0 aromatic carbocycles. The van der Waals surface area contributed by atoms with Crippen LogP contribution < -0.4 is 5.73 Å². The van der Waals surface area contributed by atoms with E-state index in [2.05, 4.69) is 16.7 Å². The first-order valence-corrected chi connectivity index (χ1v) is 6.46. The molecule has 2 rings (SSSR count). The van der Waals surface area contributed by atoms with Gasteiger partial charge in [0.15, 0.2) is 0 Å². The van der Waals surface area contributed by atoms with Gasteiger partial charge in [0, 0.05) is 45.3 Å². The highest BCUT2D eigenvalue weighted by molar-refractivity contribution is 4.82. The number of rotatable bonds is 4. The van der Waals surface area contributed by atoms with Crippen LogP contribution in [0.5, 0.6) is 0 Å². The summed E-state index contributed by atoms with van der Waals surface area (Å²) in [6, 6.07) is 0.728. The topological polar surface area (TPSA) is 32.5 Å². The molecule has 0 aromatic rings. The zero-order valence-electron chi connectivity index (χ0n) is 9.99.